The molecule has 2 nitrogen and oxygen atoms in total. The first-order chi connectivity index (χ1) is 7.77. The quantitative estimate of drug-likeness (QED) is 0.868. The van der Waals surface area contributed by atoms with Crippen molar-refractivity contribution in [2.24, 2.45) is 5.73 Å². The molecule has 3 heteroatoms. The van der Waals surface area contributed by atoms with Gasteiger partial charge in [0.2, 0.25) is 0 Å². The number of benzene rings is 1. The topological polar surface area (TPSA) is 29.3 Å². The van der Waals surface area contributed by atoms with Crippen molar-refractivity contribution in [3.8, 4) is 0 Å². The molecule has 0 aliphatic carbocycles. The zero-order chi connectivity index (χ0) is 11.4. The molecule has 1 saturated heterocycles. The van der Waals surface area contributed by atoms with Gasteiger partial charge in [0.25, 0.3) is 0 Å². The lowest BCUT2D eigenvalue weighted by atomic mass is 10.1. The standard InChI is InChI=1S/C13H20N2S/c1-15(12-7-8-16-10-12)9-13(14)11-5-3-2-4-6-11/h2-6,12-13H,7-10,14H2,1H3. The van der Waals surface area contributed by atoms with Crippen LogP contribution >= 0.6 is 11.8 Å². The van der Waals surface area contributed by atoms with Crippen LogP contribution in [0.5, 0.6) is 0 Å². The highest BCUT2D eigenvalue weighted by molar-refractivity contribution is 7.99. The second-order valence-electron chi connectivity index (χ2n) is 4.47. The molecule has 1 aliphatic heterocycles. The summed E-state index contributed by atoms with van der Waals surface area (Å²) in [7, 11) is 2.19. The van der Waals surface area contributed by atoms with Gasteiger partial charge in [-0.15, -0.1) is 0 Å². The first-order valence-electron chi connectivity index (χ1n) is 5.86. The van der Waals surface area contributed by atoms with E-state index in [1.165, 1.54) is 23.5 Å². The fourth-order valence-electron chi connectivity index (χ4n) is 2.13. The van der Waals surface area contributed by atoms with Gasteiger partial charge in [0.1, 0.15) is 0 Å². The van der Waals surface area contributed by atoms with Crippen LogP contribution in [0.15, 0.2) is 30.3 Å². The van der Waals surface area contributed by atoms with Crippen LogP contribution in [0.1, 0.15) is 18.0 Å². The zero-order valence-electron chi connectivity index (χ0n) is 9.80. The maximum atomic E-state index is 6.22. The number of nitrogens with two attached hydrogens (primary N) is 1. The molecular formula is C13H20N2S. The molecule has 0 bridgehead atoms. The van der Waals surface area contributed by atoms with E-state index in [9.17, 15) is 0 Å². The van der Waals surface area contributed by atoms with Gasteiger partial charge in [0.05, 0.1) is 0 Å². The molecule has 2 N–H and O–H groups in total. The SMILES string of the molecule is CN(CC(N)c1ccccc1)C1CCSC1. The Bertz CT molecular complexity index is 309. The van der Waals surface area contributed by atoms with Gasteiger partial charge in [-0.2, -0.15) is 11.8 Å². The molecule has 1 heterocycles. The maximum absolute atomic E-state index is 6.22. The molecule has 88 valence electrons. The van der Waals surface area contributed by atoms with E-state index in [-0.39, 0.29) is 6.04 Å². The minimum absolute atomic E-state index is 0.136. The fraction of sp³-hybridized carbons (Fsp3) is 0.538. The summed E-state index contributed by atoms with van der Waals surface area (Å²) in [5.74, 6) is 2.56. The van der Waals surface area contributed by atoms with Crippen molar-refractivity contribution in [1.82, 2.24) is 4.90 Å². The van der Waals surface area contributed by atoms with Gasteiger partial charge in [-0.25, -0.2) is 0 Å². The Morgan fingerprint density at radius 2 is 2.19 bits per heavy atom. The summed E-state index contributed by atoms with van der Waals surface area (Å²) < 4.78 is 0. The largest absolute Gasteiger partial charge is 0.323 e. The summed E-state index contributed by atoms with van der Waals surface area (Å²) in [6.45, 7) is 0.954. The van der Waals surface area contributed by atoms with Gasteiger partial charge in [-0.05, 0) is 24.8 Å². The third kappa shape index (κ3) is 3.00. The Hall–Kier alpha value is -0.510. The van der Waals surface area contributed by atoms with Crippen LogP contribution in [-0.2, 0) is 0 Å². The first-order valence-corrected chi connectivity index (χ1v) is 7.01. The van der Waals surface area contributed by atoms with Crippen LogP contribution in [0.3, 0.4) is 0 Å². The van der Waals surface area contributed by atoms with Gasteiger partial charge >= 0.3 is 0 Å². The second kappa shape index (κ2) is 5.71. The van der Waals surface area contributed by atoms with Gasteiger partial charge in [0, 0.05) is 24.4 Å². The van der Waals surface area contributed by atoms with E-state index in [4.69, 9.17) is 5.73 Å². The predicted octanol–water partition coefficient (Wildman–Crippen LogP) is 2.12. The average Bonchev–Trinajstić information content (AvgIpc) is 2.83. The average molecular weight is 236 g/mol. The summed E-state index contributed by atoms with van der Waals surface area (Å²) in [5.41, 5.74) is 7.45. The minimum atomic E-state index is 0.136. The van der Waals surface area contributed by atoms with Crippen molar-refractivity contribution in [3.63, 3.8) is 0 Å². The Balaban J connectivity index is 1.89. The lowest BCUT2D eigenvalue weighted by Crippen LogP contribution is -2.37. The van der Waals surface area contributed by atoms with Crippen LogP contribution in [-0.4, -0.2) is 36.0 Å². The number of thioether (sulfide) groups is 1. The van der Waals surface area contributed by atoms with E-state index in [1.54, 1.807) is 0 Å². The molecule has 0 amide bonds. The Morgan fingerprint density at radius 3 is 2.81 bits per heavy atom. The lowest BCUT2D eigenvalue weighted by molar-refractivity contribution is 0.247. The van der Waals surface area contributed by atoms with Crippen molar-refractivity contribution in [1.29, 1.82) is 0 Å². The Kier molecular flexibility index (Phi) is 4.27. The van der Waals surface area contributed by atoms with Crippen LogP contribution in [0.4, 0.5) is 0 Å². The molecule has 0 radical (unpaired) electrons. The van der Waals surface area contributed by atoms with Crippen molar-refractivity contribution < 1.29 is 0 Å². The fourth-order valence-corrected chi connectivity index (χ4v) is 3.43. The summed E-state index contributed by atoms with van der Waals surface area (Å²) in [4.78, 5) is 2.41. The monoisotopic (exact) mass is 236 g/mol. The molecule has 1 fully saturated rings. The molecule has 0 aromatic heterocycles. The van der Waals surface area contributed by atoms with Gasteiger partial charge in [-0.1, -0.05) is 30.3 Å². The van der Waals surface area contributed by atoms with Crippen molar-refractivity contribution in [2.75, 3.05) is 25.1 Å². The van der Waals surface area contributed by atoms with E-state index in [0.717, 1.165) is 12.6 Å². The predicted molar refractivity (Wildman–Crippen MR) is 71.7 cm³/mol. The molecule has 0 saturated carbocycles. The second-order valence-corrected chi connectivity index (χ2v) is 5.62. The summed E-state index contributed by atoms with van der Waals surface area (Å²) in [6, 6.07) is 11.2. The lowest BCUT2D eigenvalue weighted by Gasteiger charge is -2.26. The molecule has 16 heavy (non-hydrogen) atoms. The maximum Gasteiger partial charge on any atom is 0.0424 e. The molecule has 2 atom stereocenters. The smallest absolute Gasteiger partial charge is 0.0424 e. The third-order valence-electron chi connectivity index (χ3n) is 3.24. The molecule has 1 aromatic rings. The summed E-state index contributed by atoms with van der Waals surface area (Å²) in [6.07, 6.45) is 1.31. The van der Waals surface area contributed by atoms with E-state index in [1.807, 2.05) is 6.07 Å². The molecular weight excluding hydrogens is 216 g/mol. The highest BCUT2D eigenvalue weighted by Gasteiger charge is 2.21. The van der Waals surface area contributed by atoms with Gasteiger partial charge < -0.3 is 10.6 Å². The third-order valence-corrected chi connectivity index (χ3v) is 4.39. The molecule has 1 aromatic carbocycles. The van der Waals surface area contributed by atoms with Gasteiger partial charge in [0.15, 0.2) is 0 Å². The van der Waals surface area contributed by atoms with E-state index in [2.05, 4.69) is 48.0 Å². The Morgan fingerprint density at radius 1 is 1.44 bits per heavy atom. The number of hydrogen-bond acceptors (Lipinski definition) is 3. The zero-order valence-corrected chi connectivity index (χ0v) is 10.6. The number of nitrogens with zero attached hydrogens (tertiary/aromatic N) is 1. The van der Waals surface area contributed by atoms with Gasteiger partial charge in [-0.3, -0.25) is 0 Å². The number of rotatable bonds is 4. The highest BCUT2D eigenvalue weighted by Crippen LogP contribution is 2.22. The van der Waals surface area contributed by atoms with Crippen LogP contribution in [0.25, 0.3) is 0 Å². The van der Waals surface area contributed by atoms with Crippen LogP contribution < -0.4 is 5.73 Å². The molecule has 1 aliphatic rings. The highest BCUT2D eigenvalue weighted by atomic mass is 32.2. The van der Waals surface area contributed by atoms with E-state index in [0.29, 0.717) is 0 Å². The van der Waals surface area contributed by atoms with Crippen molar-refractivity contribution in [2.45, 2.75) is 18.5 Å². The minimum Gasteiger partial charge on any atom is -0.323 e. The number of hydrogen-bond donors (Lipinski definition) is 1. The van der Waals surface area contributed by atoms with Crippen molar-refractivity contribution >= 4 is 11.8 Å². The normalized spacial score (nSPS) is 22.6. The Labute approximate surface area is 102 Å². The summed E-state index contributed by atoms with van der Waals surface area (Å²) in [5, 5.41) is 0. The van der Waals surface area contributed by atoms with Crippen molar-refractivity contribution in [3.05, 3.63) is 35.9 Å². The van der Waals surface area contributed by atoms with Crippen LogP contribution in [0.2, 0.25) is 0 Å². The summed E-state index contributed by atoms with van der Waals surface area (Å²) >= 11 is 2.05. The number of likely N-dealkylation sites (N-methyl/N-ethyl adjacent to an activating group) is 1. The first kappa shape index (κ1) is 12.0. The van der Waals surface area contributed by atoms with E-state index >= 15 is 0 Å². The molecule has 2 rings (SSSR count). The molecule has 0 spiro atoms. The van der Waals surface area contributed by atoms with Crippen LogP contribution in [0, 0.1) is 0 Å². The van der Waals surface area contributed by atoms with E-state index < -0.39 is 0 Å². The molecule has 2 unspecified atom stereocenters.